The highest BCUT2D eigenvalue weighted by molar-refractivity contribution is 9.10. The molecule has 1 aromatic rings. The van der Waals surface area contributed by atoms with Gasteiger partial charge in [0.2, 0.25) is 0 Å². The summed E-state index contributed by atoms with van der Waals surface area (Å²) < 4.78 is 6.39. The number of azide groups is 1. The van der Waals surface area contributed by atoms with Crippen LogP contribution in [0.1, 0.15) is 6.42 Å². The van der Waals surface area contributed by atoms with Gasteiger partial charge in [0.1, 0.15) is 5.75 Å². The summed E-state index contributed by atoms with van der Waals surface area (Å²) in [6.07, 6.45) is 0.728. The SMILES string of the molecule is [N-]=[N+]=NCCCOc1ccccc1Br. The highest BCUT2D eigenvalue weighted by Crippen LogP contribution is 2.23. The van der Waals surface area contributed by atoms with Crippen molar-refractivity contribution in [3.63, 3.8) is 0 Å². The van der Waals surface area contributed by atoms with Crippen molar-refractivity contribution in [1.82, 2.24) is 0 Å². The number of hydrogen-bond acceptors (Lipinski definition) is 2. The fourth-order valence-electron chi connectivity index (χ4n) is 0.924. The maximum atomic E-state index is 8.04. The van der Waals surface area contributed by atoms with Crippen molar-refractivity contribution in [3.05, 3.63) is 39.2 Å². The monoisotopic (exact) mass is 255 g/mol. The maximum absolute atomic E-state index is 8.04. The third-order valence-corrected chi connectivity index (χ3v) is 2.22. The highest BCUT2D eigenvalue weighted by atomic mass is 79.9. The predicted molar refractivity (Wildman–Crippen MR) is 58.3 cm³/mol. The summed E-state index contributed by atoms with van der Waals surface area (Å²) in [6.45, 7) is 1.03. The molecule has 0 spiro atoms. The smallest absolute Gasteiger partial charge is 0.133 e. The zero-order valence-electron chi connectivity index (χ0n) is 7.56. The molecule has 0 N–H and O–H groups in total. The lowest BCUT2D eigenvalue weighted by Crippen LogP contribution is -1.99. The molecular weight excluding hydrogens is 246 g/mol. The van der Waals surface area contributed by atoms with Gasteiger partial charge < -0.3 is 4.74 Å². The minimum atomic E-state index is 0.473. The van der Waals surface area contributed by atoms with E-state index in [0.717, 1.165) is 16.6 Å². The molecule has 74 valence electrons. The summed E-state index contributed by atoms with van der Waals surface area (Å²) in [5.74, 6) is 0.813. The van der Waals surface area contributed by atoms with Gasteiger partial charge in [-0.25, -0.2) is 0 Å². The van der Waals surface area contributed by atoms with Gasteiger partial charge in [0.05, 0.1) is 11.1 Å². The van der Waals surface area contributed by atoms with Crippen LogP contribution in [0.3, 0.4) is 0 Å². The van der Waals surface area contributed by atoms with Crippen LogP contribution in [-0.2, 0) is 0 Å². The second kappa shape index (κ2) is 6.29. The van der Waals surface area contributed by atoms with Crippen molar-refractivity contribution in [2.24, 2.45) is 5.11 Å². The van der Waals surface area contributed by atoms with E-state index in [-0.39, 0.29) is 0 Å². The summed E-state index contributed by atoms with van der Waals surface area (Å²) in [7, 11) is 0. The molecule has 14 heavy (non-hydrogen) atoms. The van der Waals surface area contributed by atoms with Gasteiger partial charge in [0, 0.05) is 11.5 Å². The Labute approximate surface area is 90.6 Å². The van der Waals surface area contributed by atoms with Crippen LogP contribution in [0.5, 0.6) is 5.75 Å². The Kier molecular flexibility index (Phi) is 4.89. The van der Waals surface area contributed by atoms with E-state index in [1.807, 2.05) is 24.3 Å². The maximum Gasteiger partial charge on any atom is 0.133 e. The van der Waals surface area contributed by atoms with Crippen molar-refractivity contribution in [2.75, 3.05) is 13.2 Å². The molecule has 1 aromatic carbocycles. The lowest BCUT2D eigenvalue weighted by atomic mass is 10.3. The Bertz CT molecular complexity index is 337. The topological polar surface area (TPSA) is 58.0 Å². The molecule has 0 saturated carbocycles. The first-order valence-corrected chi connectivity index (χ1v) is 5.02. The van der Waals surface area contributed by atoms with Crippen LogP contribution in [0.2, 0.25) is 0 Å². The molecule has 0 atom stereocenters. The van der Waals surface area contributed by atoms with Crippen LogP contribution in [0, 0.1) is 0 Å². The van der Waals surface area contributed by atoms with Crippen LogP contribution in [0.15, 0.2) is 33.9 Å². The van der Waals surface area contributed by atoms with Crippen LogP contribution < -0.4 is 4.74 Å². The molecule has 0 bridgehead atoms. The summed E-state index contributed by atoms with van der Waals surface area (Å²) in [4.78, 5) is 2.66. The molecule has 5 heteroatoms. The van der Waals surface area contributed by atoms with Gasteiger partial charge in [0.15, 0.2) is 0 Å². The molecule has 0 fully saturated rings. The van der Waals surface area contributed by atoms with E-state index in [1.54, 1.807) is 0 Å². The number of nitrogens with zero attached hydrogens (tertiary/aromatic N) is 3. The standard InChI is InChI=1S/C9H10BrN3O/c10-8-4-1-2-5-9(8)14-7-3-6-12-13-11/h1-2,4-5H,3,6-7H2. The van der Waals surface area contributed by atoms with Crippen LogP contribution in [0.25, 0.3) is 10.4 Å². The van der Waals surface area contributed by atoms with E-state index in [9.17, 15) is 0 Å². The average molecular weight is 256 g/mol. The lowest BCUT2D eigenvalue weighted by molar-refractivity contribution is 0.311. The van der Waals surface area contributed by atoms with E-state index in [4.69, 9.17) is 10.3 Å². The molecule has 0 saturated heterocycles. The molecule has 0 aromatic heterocycles. The molecular formula is C9H10BrN3O. The molecule has 0 unspecified atom stereocenters. The normalized spacial score (nSPS) is 9.21. The minimum absolute atomic E-state index is 0.473. The first kappa shape index (κ1) is 10.9. The van der Waals surface area contributed by atoms with Crippen LogP contribution in [0.4, 0.5) is 0 Å². The predicted octanol–water partition coefficient (Wildman–Crippen LogP) is 3.53. The first-order chi connectivity index (χ1) is 6.84. The van der Waals surface area contributed by atoms with E-state index in [0.29, 0.717) is 13.2 Å². The molecule has 0 radical (unpaired) electrons. The summed E-state index contributed by atoms with van der Waals surface area (Å²) in [5, 5.41) is 3.41. The molecule has 4 nitrogen and oxygen atoms in total. The third kappa shape index (κ3) is 3.68. The Morgan fingerprint density at radius 1 is 1.43 bits per heavy atom. The molecule has 0 heterocycles. The van der Waals surface area contributed by atoms with E-state index >= 15 is 0 Å². The van der Waals surface area contributed by atoms with Crippen molar-refractivity contribution < 1.29 is 4.74 Å². The summed E-state index contributed by atoms with van der Waals surface area (Å²) in [6, 6.07) is 7.64. The summed E-state index contributed by atoms with van der Waals surface area (Å²) in [5.41, 5.74) is 8.04. The van der Waals surface area contributed by atoms with Crippen molar-refractivity contribution in [2.45, 2.75) is 6.42 Å². The molecule has 0 aliphatic carbocycles. The molecule has 1 rings (SSSR count). The molecule has 0 amide bonds. The van der Waals surface area contributed by atoms with Gasteiger partial charge >= 0.3 is 0 Å². The second-order valence-corrected chi connectivity index (χ2v) is 3.44. The van der Waals surface area contributed by atoms with Crippen molar-refractivity contribution in [3.8, 4) is 5.75 Å². The zero-order valence-corrected chi connectivity index (χ0v) is 9.14. The highest BCUT2D eigenvalue weighted by Gasteiger charge is 1.97. The quantitative estimate of drug-likeness (QED) is 0.344. The molecule has 0 aliphatic rings. The van der Waals surface area contributed by atoms with E-state index in [1.165, 1.54) is 0 Å². The van der Waals surface area contributed by atoms with Crippen molar-refractivity contribution >= 4 is 15.9 Å². The fourth-order valence-corrected chi connectivity index (χ4v) is 1.32. The minimum Gasteiger partial charge on any atom is -0.492 e. The Morgan fingerprint density at radius 3 is 2.93 bits per heavy atom. The third-order valence-electron chi connectivity index (χ3n) is 1.56. The Hall–Kier alpha value is -1.19. The van der Waals surface area contributed by atoms with Gasteiger partial charge in [-0.15, -0.1) is 0 Å². The number of hydrogen-bond donors (Lipinski definition) is 0. The van der Waals surface area contributed by atoms with Crippen LogP contribution in [-0.4, -0.2) is 13.2 Å². The number of benzene rings is 1. The van der Waals surface area contributed by atoms with Crippen molar-refractivity contribution in [1.29, 1.82) is 0 Å². The largest absolute Gasteiger partial charge is 0.492 e. The fraction of sp³-hybridized carbons (Fsp3) is 0.333. The van der Waals surface area contributed by atoms with Gasteiger partial charge in [0.25, 0.3) is 0 Å². The van der Waals surface area contributed by atoms with E-state index < -0.39 is 0 Å². The number of para-hydroxylation sites is 1. The number of halogens is 1. The second-order valence-electron chi connectivity index (χ2n) is 2.59. The summed E-state index contributed by atoms with van der Waals surface area (Å²) >= 11 is 3.37. The van der Waals surface area contributed by atoms with Gasteiger partial charge in [-0.3, -0.25) is 0 Å². The molecule has 0 aliphatic heterocycles. The zero-order chi connectivity index (χ0) is 10.2. The number of rotatable bonds is 5. The van der Waals surface area contributed by atoms with Gasteiger partial charge in [-0.1, -0.05) is 17.2 Å². The van der Waals surface area contributed by atoms with Gasteiger partial charge in [-0.2, -0.15) is 0 Å². The van der Waals surface area contributed by atoms with Gasteiger partial charge in [-0.05, 0) is 40.0 Å². The lowest BCUT2D eigenvalue weighted by Gasteiger charge is -2.06. The average Bonchev–Trinajstić information content (AvgIpc) is 2.20. The number of ether oxygens (including phenoxy) is 1. The van der Waals surface area contributed by atoms with Crippen LogP contribution >= 0.6 is 15.9 Å². The Morgan fingerprint density at radius 2 is 2.21 bits per heavy atom. The Balaban J connectivity index is 2.31. The van der Waals surface area contributed by atoms with E-state index in [2.05, 4.69) is 26.0 Å². The first-order valence-electron chi connectivity index (χ1n) is 4.23.